The van der Waals surface area contributed by atoms with Crippen molar-refractivity contribution in [2.24, 2.45) is 0 Å². The number of hydrogen-bond acceptors (Lipinski definition) is 4. The standard InChI is InChI=1S/C15H11F2N3O2/c16-12-3-2-11(13(17)8-12)5-6-19-14-4-1-10(9-18)7-15(14)20(21)22/h1-4,7-8,19H,5-6H2. The number of rotatable bonds is 5. The van der Waals surface area contributed by atoms with Crippen LogP contribution in [0.15, 0.2) is 36.4 Å². The molecule has 0 unspecified atom stereocenters. The van der Waals surface area contributed by atoms with Crippen LogP contribution in [-0.2, 0) is 6.42 Å². The molecule has 22 heavy (non-hydrogen) atoms. The maximum absolute atomic E-state index is 13.5. The van der Waals surface area contributed by atoms with Crippen molar-refractivity contribution in [2.45, 2.75) is 6.42 Å². The topological polar surface area (TPSA) is 79.0 Å². The van der Waals surface area contributed by atoms with E-state index >= 15 is 0 Å². The molecular formula is C15H11F2N3O2. The molecule has 0 atom stereocenters. The summed E-state index contributed by atoms with van der Waals surface area (Å²) in [5.41, 5.74) is 0.511. The normalized spacial score (nSPS) is 10.0. The third-order valence-electron chi connectivity index (χ3n) is 3.05. The number of hydrogen-bond donors (Lipinski definition) is 1. The first-order valence-electron chi connectivity index (χ1n) is 6.37. The minimum Gasteiger partial charge on any atom is -0.379 e. The Hall–Kier alpha value is -3.01. The van der Waals surface area contributed by atoms with E-state index in [2.05, 4.69) is 5.32 Å². The third kappa shape index (κ3) is 3.55. The van der Waals surface area contributed by atoms with Gasteiger partial charge in [-0.15, -0.1) is 0 Å². The van der Waals surface area contributed by atoms with Crippen LogP contribution in [-0.4, -0.2) is 11.5 Å². The van der Waals surface area contributed by atoms with Crippen molar-refractivity contribution >= 4 is 11.4 Å². The quantitative estimate of drug-likeness (QED) is 0.678. The highest BCUT2D eigenvalue weighted by Crippen LogP contribution is 2.25. The van der Waals surface area contributed by atoms with E-state index in [1.165, 1.54) is 24.3 Å². The molecule has 1 N–H and O–H groups in total. The highest BCUT2D eigenvalue weighted by molar-refractivity contribution is 5.64. The van der Waals surface area contributed by atoms with Gasteiger partial charge in [-0.05, 0) is 30.2 Å². The van der Waals surface area contributed by atoms with Gasteiger partial charge in [0.15, 0.2) is 0 Å². The average Bonchev–Trinajstić information content (AvgIpc) is 2.49. The summed E-state index contributed by atoms with van der Waals surface area (Å²) in [6.07, 6.45) is 0.239. The van der Waals surface area contributed by atoms with Gasteiger partial charge in [0.1, 0.15) is 17.3 Å². The van der Waals surface area contributed by atoms with E-state index in [1.54, 1.807) is 0 Å². The van der Waals surface area contributed by atoms with E-state index < -0.39 is 16.6 Å². The van der Waals surface area contributed by atoms with Crippen molar-refractivity contribution in [2.75, 3.05) is 11.9 Å². The number of nitro groups is 1. The van der Waals surface area contributed by atoms with Crippen molar-refractivity contribution in [3.05, 3.63) is 69.3 Å². The molecule has 0 aliphatic rings. The highest BCUT2D eigenvalue weighted by Gasteiger charge is 2.14. The Labute approximate surface area is 125 Å². The third-order valence-corrected chi connectivity index (χ3v) is 3.05. The SMILES string of the molecule is N#Cc1ccc(NCCc2ccc(F)cc2F)c([N+](=O)[O-])c1. The van der Waals surface area contributed by atoms with Crippen LogP contribution in [0.5, 0.6) is 0 Å². The largest absolute Gasteiger partial charge is 0.379 e. The molecule has 0 spiro atoms. The first-order chi connectivity index (χ1) is 10.5. The number of nitrogens with one attached hydrogen (secondary N) is 1. The molecule has 0 aromatic heterocycles. The summed E-state index contributed by atoms with van der Waals surface area (Å²) in [4.78, 5) is 10.4. The van der Waals surface area contributed by atoms with E-state index in [9.17, 15) is 18.9 Å². The number of nitrogens with zero attached hydrogens (tertiary/aromatic N) is 2. The fourth-order valence-corrected chi connectivity index (χ4v) is 1.96. The van der Waals surface area contributed by atoms with Crippen LogP contribution in [0.2, 0.25) is 0 Å². The summed E-state index contributed by atoms with van der Waals surface area (Å²) in [6, 6.07) is 9.15. The van der Waals surface area contributed by atoms with Gasteiger partial charge in [0.2, 0.25) is 0 Å². The van der Waals surface area contributed by atoms with E-state index in [4.69, 9.17) is 5.26 Å². The zero-order valence-electron chi connectivity index (χ0n) is 11.3. The summed E-state index contributed by atoms with van der Waals surface area (Å²) < 4.78 is 26.3. The molecule has 2 rings (SSSR count). The van der Waals surface area contributed by atoms with Crippen LogP contribution >= 0.6 is 0 Å². The Morgan fingerprint density at radius 2 is 2.00 bits per heavy atom. The predicted molar refractivity (Wildman–Crippen MR) is 76.4 cm³/mol. The molecule has 0 fully saturated rings. The molecule has 0 aliphatic heterocycles. The second-order valence-corrected chi connectivity index (χ2v) is 4.51. The summed E-state index contributed by atoms with van der Waals surface area (Å²) in [5.74, 6) is -1.31. The maximum atomic E-state index is 13.5. The van der Waals surface area contributed by atoms with E-state index in [-0.39, 0.29) is 29.9 Å². The smallest absolute Gasteiger partial charge is 0.293 e. The molecule has 112 valence electrons. The van der Waals surface area contributed by atoms with Crippen molar-refractivity contribution in [3.63, 3.8) is 0 Å². The first-order valence-corrected chi connectivity index (χ1v) is 6.37. The molecular weight excluding hydrogens is 292 g/mol. The molecule has 0 aliphatic carbocycles. The number of nitriles is 1. The lowest BCUT2D eigenvalue weighted by atomic mass is 10.1. The van der Waals surface area contributed by atoms with Crippen molar-refractivity contribution < 1.29 is 13.7 Å². The fraction of sp³-hybridized carbons (Fsp3) is 0.133. The molecule has 0 bridgehead atoms. The van der Waals surface area contributed by atoms with E-state index in [1.807, 2.05) is 6.07 Å². The first kappa shape index (κ1) is 15.4. The van der Waals surface area contributed by atoms with Crippen LogP contribution in [0.25, 0.3) is 0 Å². The Kier molecular flexibility index (Phi) is 4.63. The van der Waals surface area contributed by atoms with E-state index in [0.717, 1.165) is 12.1 Å². The van der Waals surface area contributed by atoms with Gasteiger partial charge in [0, 0.05) is 18.7 Å². The molecule has 5 nitrogen and oxygen atoms in total. The Morgan fingerprint density at radius 1 is 1.23 bits per heavy atom. The van der Waals surface area contributed by atoms with Gasteiger partial charge in [0.25, 0.3) is 5.69 Å². The van der Waals surface area contributed by atoms with Gasteiger partial charge in [-0.1, -0.05) is 6.07 Å². The van der Waals surface area contributed by atoms with Crippen molar-refractivity contribution in [3.8, 4) is 6.07 Å². The van der Waals surface area contributed by atoms with Gasteiger partial charge >= 0.3 is 0 Å². The van der Waals surface area contributed by atoms with Gasteiger partial charge < -0.3 is 5.32 Å². The van der Waals surface area contributed by atoms with Crippen LogP contribution < -0.4 is 5.32 Å². The molecule has 2 aromatic carbocycles. The second-order valence-electron chi connectivity index (χ2n) is 4.51. The second kappa shape index (κ2) is 6.63. The maximum Gasteiger partial charge on any atom is 0.293 e. The van der Waals surface area contributed by atoms with Crippen LogP contribution in [0.4, 0.5) is 20.2 Å². The Bertz CT molecular complexity index is 757. The molecule has 0 radical (unpaired) electrons. The Morgan fingerprint density at radius 3 is 2.64 bits per heavy atom. The number of halogens is 2. The van der Waals surface area contributed by atoms with Crippen molar-refractivity contribution in [1.82, 2.24) is 0 Å². The van der Waals surface area contributed by atoms with Crippen LogP contribution in [0, 0.1) is 33.1 Å². The number of nitro benzene ring substituents is 1. The molecule has 0 amide bonds. The minimum absolute atomic E-state index is 0.182. The minimum atomic E-state index is -0.656. The summed E-state index contributed by atoms with van der Waals surface area (Å²) >= 11 is 0. The molecule has 0 heterocycles. The summed E-state index contributed by atoms with van der Waals surface area (Å²) in [6.45, 7) is 0.231. The number of anilines is 1. The van der Waals surface area contributed by atoms with Crippen LogP contribution in [0.1, 0.15) is 11.1 Å². The lowest BCUT2D eigenvalue weighted by molar-refractivity contribution is -0.384. The molecule has 2 aromatic rings. The molecule has 0 saturated heterocycles. The van der Waals surface area contributed by atoms with Gasteiger partial charge in [-0.2, -0.15) is 5.26 Å². The lowest BCUT2D eigenvalue weighted by Gasteiger charge is -2.08. The highest BCUT2D eigenvalue weighted by atomic mass is 19.1. The van der Waals surface area contributed by atoms with Gasteiger partial charge in [-0.25, -0.2) is 8.78 Å². The summed E-state index contributed by atoms with van der Waals surface area (Å²) in [7, 11) is 0. The summed E-state index contributed by atoms with van der Waals surface area (Å²) in [5, 5.41) is 22.5. The van der Waals surface area contributed by atoms with Crippen molar-refractivity contribution in [1.29, 1.82) is 5.26 Å². The lowest BCUT2D eigenvalue weighted by Crippen LogP contribution is -2.08. The zero-order valence-corrected chi connectivity index (χ0v) is 11.3. The number of benzene rings is 2. The zero-order chi connectivity index (χ0) is 16.1. The van der Waals surface area contributed by atoms with Crippen LogP contribution in [0.3, 0.4) is 0 Å². The average molecular weight is 303 g/mol. The van der Waals surface area contributed by atoms with Gasteiger partial charge in [-0.3, -0.25) is 10.1 Å². The predicted octanol–water partition coefficient (Wildman–Crippen LogP) is 3.40. The Balaban J connectivity index is 2.08. The monoisotopic (exact) mass is 303 g/mol. The molecule has 7 heteroatoms. The van der Waals surface area contributed by atoms with E-state index in [0.29, 0.717) is 5.56 Å². The van der Waals surface area contributed by atoms with Gasteiger partial charge in [0.05, 0.1) is 16.6 Å². The fourth-order valence-electron chi connectivity index (χ4n) is 1.96. The molecule has 0 saturated carbocycles.